The first-order valence-corrected chi connectivity index (χ1v) is 15.3. The van der Waals surface area contributed by atoms with Crippen LogP contribution >= 0.6 is 39.1 Å². The third-order valence-corrected chi connectivity index (χ3v) is 9.10. The molecule has 0 saturated carbocycles. The molecular formula is C28H30BrCl2N3O4S. The summed E-state index contributed by atoms with van der Waals surface area (Å²) in [4.78, 5) is 28.4. The van der Waals surface area contributed by atoms with E-state index in [4.69, 9.17) is 23.2 Å². The fraction of sp³-hybridized carbons (Fsp3) is 0.286. The number of carbonyl (C=O) groups excluding carboxylic acids is 2. The molecule has 1 atom stereocenters. The highest BCUT2D eigenvalue weighted by Gasteiger charge is 2.34. The molecule has 3 aromatic carbocycles. The molecule has 0 saturated heterocycles. The molecule has 0 heterocycles. The molecule has 0 aliphatic carbocycles. The second-order valence-corrected chi connectivity index (χ2v) is 12.4. The lowest BCUT2D eigenvalue weighted by Gasteiger charge is -2.33. The summed E-state index contributed by atoms with van der Waals surface area (Å²) in [6, 6.07) is 17.2. The molecule has 0 unspecified atom stereocenters. The molecule has 2 amide bonds. The first kappa shape index (κ1) is 30.9. The van der Waals surface area contributed by atoms with Gasteiger partial charge in [-0.3, -0.25) is 13.9 Å². The van der Waals surface area contributed by atoms with Crippen molar-refractivity contribution < 1.29 is 18.0 Å². The molecule has 7 nitrogen and oxygen atoms in total. The van der Waals surface area contributed by atoms with Crippen molar-refractivity contribution in [3.63, 3.8) is 0 Å². The van der Waals surface area contributed by atoms with E-state index in [0.29, 0.717) is 38.7 Å². The number of nitrogens with zero attached hydrogens (tertiary/aromatic N) is 2. The number of rotatable bonds is 11. The summed E-state index contributed by atoms with van der Waals surface area (Å²) in [6.07, 6.45) is 0.293. The number of halogens is 3. The summed E-state index contributed by atoms with van der Waals surface area (Å²) >= 11 is 16.2. The first-order valence-electron chi connectivity index (χ1n) is 12.3. The van der Waals surface area contributed by atoms with Gasteiger partial charge in [-0.1, -0.05) is 75.9 Å². The van der Waals surface area contributed by atoms with Crippen molar-refractivity contribution >= 4 is 66.7 Å². The van der Waals surface area contributed by atoms with Crippen molar-refractivity contribution in [3.05, 3.63) is 92.4 Å². The molecule has 0 aromatic heterocycles. The van der Waals surface area contributed by atoms with E-state index in [2.05, 4.69) is 21.2 Å². The van der Waals surface area contributed by atoms with Crippen molar-refractivity contribution in [3.8, 4) is 0 Å². The first-order chi connectivity index (χ1) is 18.5. The van der Waals surface area contributed by atoms with Crippen LogP contribution in [0.1, 0.15) is 31.4 Å². The van der Waals surface area contributed by atoms with Crippen molar-refractivity contribution in [2.45, 2.75) is 44.7 Å². The minimum absolute atomic E-state index is 0.0392. The van der Waals surface area contributed by atoms with Crippen LogP contribution in [0.5, 0.6) is 0 Å². The molecule has 0 fully saturated rings. The molecule has 3 aromatic rings. The minimum atomic E-state index is -4.16. The average Bonchev–Trinajstić information content (AvgIpc) is 2.89. The van der Waals surface area contributed by atoms with Gasteiger partial charge in [-0.05, 0) is 62.7 Å². The van der Waals surface area contributed by atoms with E-state index in [1.54, 1.807) is 68.4 Å². The summed E-state index contributed by atoms with van der Waals surface area (Å²) < 4.78 is 29.4. The topological polar surface area (TPSA) is 86.8 Å². The summed E-state index contributed by atoms with van der Waals surface area (Å²) in [5.74, 6) is -0.938. The lowest BCUT2D eigenvalue weighted by Crippen LogP contribution is -2.52. The second-order valence-electron chi connectivity index (χ2n) is 8.85. The summed E-state index contributed by atoms with van der Waals surface area (Å²) in [6.45, 7) is 5.16. The highest BCUT2D eigenvalue weighted by atomic mass is 79.9. The predicted molar refractivity (Wildman–Crippen MR) is 160 cm³/mol. The van der Waals surface area contributed by atoms with Gasteiger partial charge in [-0.25, -0.2) is 8.42 Å². The molecule has 3 rings (SSSR count). The van der Waals surface area contributed by atoms with E-state index < -0.39 is 28.5 Å². The van der Waals surface area contributed by atoms with Crippen LogP contribution < -0.4 is 9.62 Å². The Balaban J connectivity index is 2.10. The van der Waals surface area contributed by atoms with Gasteiger partial charge in [0.2, 0.25) is 11.8 Å². The maximum absolute atomic E-state index is 14.0. The van der Waals surface area contributed by atoms with Crippen molar-refractivity contribution in [2.24, 2.45) is 0 Å². The Morgan fingerprint density at radius 2 is 1.59 bits per heavy atom. The maximum Gasteiger partial charge on any atom is 0.264 e. The molecule has 0 spiro atoms. The SMILES string of the molecule is CCNC(=O)[C@@H](CC)N(Cc1c(Cl)cccc1Cl)C(=O)CN(c1cccc(Br)c1)S(=O)(=O)c1ccc(C)cc1. The highest BCUT2D eigenvalue weighted by molar-refractivity contribution is 9.10. The Morgan fingerprint density at radius 1 is 0.974 bits per heavy atom. The van der Waals surface area contributed by atoms with Gasteiger partial charge in [0.05, 0.1) is 10.6 Å². The zero-order valence-corrected chi connectivity index (χ0v) is 25.7. The van der Waals surface area contributed by atoms with Gasteiger partial charge in [-0.15, -0.1) is 0 Å². The molecule has 39 heavy (non-hydrogen) atoms. The van der Waals surface area contributed by atoms with Crippen molar-refractivity contribution in [1.29, 1.82) is 0 Å². The zero-order valence-electron chi connectivity index (χ0n) is 21.8. The normalized spacial score (nSPS) is 12.1. The zero-order chi connectivity index (χ0) is 28.7. The second kappa shape index (κ2) is 13.7. The number of nitrogens with one attached hydrogen (secondary N) is 1. The average molecular weight is 655 g/mol. The van der Waals surface area contributed by atoms with Gasteiger partial charge in [0.25, 0.3) is 10.0 Å². The number of anilines is 1. The largest absolute Gasteiger partial charge is 0.355 e. The van der Waals surface area contributed by atoms with Crippen LogP contribution in [0.15, 0.2) is 76.1 Å². The number of amides is 2. The predicted octanol–water partition coefficient (Wildman–Crippen LogP) is 6.20. The minimum Gasteiger partial charge on any atom is -0.355 e. The van der Waals surface area contributed by atoms with Crippen LogP contribution in [0, 0.1) is 6.92 Å². The Bertz CT molecular complexity index is 1410. The molecule has 11 heteroatoms. The van der Waals surface area contributed by atoms with Crippen LogP contribution in [0.4, 0.5) is 5.69 Å². The van der Waals surface area contributed by atoms with Gasteiger partial charge in [-0.2, -0.15) is 0 Å². The van der Waals surface area contributed by atoms with Crippen molar-refractivity contribution in [2.75, 3.05) is 17.4 Å². The standard InChI is InChI=1S/C28H30BrCl2N3O4S/c1-4-26(28(36)32-5-2)33(17-23-24(30)10-7-11-25(23)31)27(35)18-34(21-9-6-8-20(29)16-21)39(37,38)22-14-12-19(3)13-15-22/h6-16,26H,4-5,17-18H2,1-3H3,(H,32,36)/t26-/m1/s1. The van der Waals surface area contributed by atoms with Crippen LogP contribution in [-0.2, 0) is 26.2 Å². The molecule has 0 bridgehead atoms. The fourth-order valence-electron chi connectivity index (χ4n) is 4.06. The Kier molecular flexibility index (Phi) is 10.8. The van der Waals surface area contributed by atoms with Crippen LogP contribution in [0.2, 0.25) is 10.0 Å². The number of hydrogen-bond acceptors (Lipinski definition) is 4. The number of carbonyl (C=O) groups is 2. The molecule has 208 valence electrons. The van der Waals surface area contributed by atoms with Crippen LogP contribution in [0.25, 0.3) is 0 Å². The third kappa shape index (κ3) is 7.54. The van der Waals surface area contributed by atoms with E-state index >= 15 is 0 Å². The van der Waals surface area contributed by atoms with Gasteiger partial charge >= 0.3 is 0 Å². The molecule has 0 radical (unpaired) electrons. The van der Waals surface area contributed by atoms with Gasteiger partial charge in [0.15, 0.2) is 0 Å². The monoisotopic (exact) mass is 653 g/mol. The molecular weight excluding hydrogens is 625 g/mol. The van der Waals surface area contributed by atoms with Crippen LogP contribution in [-0.4, -0.2) is 44.3 Å². The van der Waals surface area contributed by atoms with E-state index in [-0.39, 0.29) is 17.3 Å². The van der Waals surface area contributed by atoms with Gasteiger partial charge in [0.1, 0.15) is 12.6 Å². The van der Waals surface area contributed by atoms with Gasteiger partial charge in [0, 0.05) is 33.2 Å². The van der Waals surface area contributed by atoms with E-state index in [1.165, 1.54) is 17.0 Å². The number of hydrogen-bond donors (Lipinski definition) is 1. The number of benzene rings is 3. The van der Waals surface area contributed by atoms with E-state index in [9.17, 15) is 18.0 Å². The Morgan fingerprint density at radius 3 is 2.15 bits per heavy atom. The lowest BCUT2D eigenvalue weighted by atomic mass is 10.1. The Hall–Kier alpha value is -2.59. The smallest absolute Gasteiger partial charge is 0.264 e. The summed E-state index contributed by atoms with van der Waals surface area (Å²) in [5, 5.41) is 3.43. The molecule has 0 aliphatic rings. The van der Waals surface area contributed by atoms with Gasteiger partial charge < -0.3 is 10.2 Å². The Labute approximate surface area is 248 Å². The number of aryl methyl sites for hydroxylation is 1. The third-order valence-electron chi connectivity index (χ3n) is 6.11. The number of sulfonamides is 1. The molecule has 1 N–H and O–H groups in total. The number of likely N-dealkylation sites (N-methyl/N-ethyl adjacent to an activating group) is 1. The van der Waals surface area contributed by atoms with E-state index in [0.717, 1.165) is 9.87 Å². The lowest BCUT2D eigenvalue weighted by molar-refractivity contribution is -0.140. The van der Waals surface area contributed by atoms with Crippen molar-refractivity contribution in [1.82, 2.24) is 10.2 Å². The summed E-state index contributed by atoms with van der Waals surface area (Å²) in [5.41, 5.74) is 1.65. The maximum atomic E-state index is 14.0. The fourth-order valence-corrected chi connectivity index (χ4v) is 6.37. The molecule has 0 aliphatic heterocycles. The quantitative estimate of drug-likeness (QED) is 0.267. The van der Waals surface area contributed by atoms with Crippen LogP contribution in [0.3, 0.4) is 0 Å². The summed E-state index contributed by atoms with van der Waals surface area (Å²) in [7, 11) is -4.16. The highest BCUT2D eigenvalue weighted by Crippen LogP contribution is 2.29. The van der Waals surface area contributed by atoms with E-state index in [1.807, 2.05) is 6.92 Å².